The zero-order valence-electron chi connectivity index (χ0n) is 11.9. The molecule has 7 heteroatoms. The molecule has 2 rings (SSSR count). The highest BCUT2D eigenvalue weighted by Crippen LogP contribution is 2.27. The molecule has 0 saturated heterocycles. The third kappa shape index (κ3) is 3.72. The van der Waals surface area contributed by atoms with Gasteiger partial charge in [0, 0.05) is 5.41 Å². The Morgan fingerprint density at radius 2 is 2.10 bits per heavy atom. The first-order valence-electron chi connectivity index (χ1n) is 6.26. The van der Waals surface area contributed by atoms with E-state index < -0.39 is 5.97 Å². The maximum atomic E-state index is 10.8. The number of aromatic carboxylic acids is 1. The molecule has 0 amide bonds. The van der Waals surface area contributed by atoms with E-state index >= 15 is 0 Å². The third-order valence-corrected chi connectivity index (χ3v) is 2.93. The van der Waals surface area contributed by atoms with Crippen molar-refractivity contribution in [2.45, 2.75) is 32.8 Å². The maximum absolute atomic E-state index is 10.8. The number of hydrogen-bond donors (Lipinski definition) is 1. The van der Waals surface area contributed by atoms with Gasteiger partial charge in [0.15, 0.2) is 6.61 Å². The van der Waals surface area contributed by atoms with E-state index in [1.54, 1.807) is 0 Å². The normalized spacial score (nSPS) is 11.4. The van der Waals surface area contributed by atoms with Crippen molar-refractivity contribution in [3.05, 3.63) is 40.6 Å². The molecule has 2 aromatic rings. The number of rotatable bonds is 4. The molecule has 1 aromatic heterocycles. The van der Waals surface area contributed by atoms with Crippen LogP contribution in [0, 0.1) is 0 Å². The fraction of sp³-hybridized carbons (Fsp3) is 0.357. The van der Waals surface area contributed by atoms with Crippen molar-refractivity contribution in [1.82, 2.24) is 10.2 Å². The van der Waals surface area contributed by atoms with Gasteiger partial charge in [-0.2, -0.15) is 0 Å². The first-order valence-corrected chi connectivity index (χ1v) is 6.63. The number of carboxylic acids is 1. The van der Waals surface area contributed by atoms with Crippen molar-refractivity contribution < 1.29 is 19.1 Å². The molecule has 0 bridgehead atoms. The van der Waals surface area contributed by atoms with Crippen molar-refractivity contribution in [3.8, 4) is 5.75 Å². The Kier molecular flexibility index (Phi) is 4.18. The average Bonchev–Trinajstić information content (AvgIpc) is 2.85. The van der Waals surface area contributed by atoms with E-state index in [-0.39, 0.29) is 22.6 Å². The first-order chi connectivity index (χ1) is 9.77. The summed E-state index contributed by atoms with van der Waals surface area (Å²) in [5, 5.41) is 16.9. The number of carboxylic acid groups (broad SMARTS) is 1. The quantitative estimate of drug-likeness (QED) is 0.932. The van der Waals surface area contributed by atoms with Crippen LogP contribution in [0.15, 0.2) is 22.6 Å². The van der Waals surface area contributed by atoms with Crippen LogP contribution in [-0.2, 0) is 12.0 Å². The summed E-state index contributed by atoms with van der Waals surface area (Å²) >= 11 is 5.96. The minimum absolute atomic E-state index is 0.0647. The van der Waals surface area contributed by atoms with Gasteiger partial charge in [0.05, 0.1) is 10.6 Å². The smallest absolute Gasteiger partial charge is 0.335 e. The van der Waals surface area contributed by atoms with Gasteiger partial charge in [0.25, 0.3) is 5.89 Å². The fourth-order valence-corrected chi connectivity index (χ4v) is 1.74. The van der Waals surface area contributed by atoms with Crippen LogP contribution in [0.4, 0.5) is 0 Å². The van der Waals surface area contributed by atoms with Crippen LogP contribution in [0.25, 0.3) is 0 Å². The highest BCUT2D eigenvalue weighted by Gasteiger charge is 2.21. The number of halogens is 1. The van der Waals surface area contributed by atoms with E-state index in [0.29, 0.717) is 17.5 Å². The van der Waals surface area contributed by atoms with E-state index in [0.717, 1.165) is 0 Å². The Bertz CT molecular complexity index is 661. The summed E-state index contributed by atoms with van der Waals surface area (Å²) in [6.07, 6.45) is 0. The van der Waals surface area contributed by atoms with Gasteiger partial charge in [-0.05, 0) is 18.2 Å². The summed E-state index contributed by atoms with van der Waals surface area (Å²) in [6.45, 7) is 5.96. The molecule has 0 saturated carbocycles. The summed E-state index contributed by atoms with van der Waals surface area (Å²) in [4.78, 5) is 10.8. The minimum atomic E-state index is -1.05. The van der Waals surface area contributed by atoms with Crippen LogP contribution in [0.1, 0.15) is 42.9 Å². The van der Waals surface area contributed by atoms with Crippen LogP contribution in [-0.4, -0.2) is 21.3 Å². The fourth-order valence-electron chi connectivity index (χ4n) is 1.51. The lowest BCUT2D eigenvalue weighted by atomic mass is 9.97. The number of nitrogens with zero attached hydrogens (tertiary/aromatic N) is 2. The zero-order valence-corrected chi connectivity index (χ0v) is 12.6. The van der Waals surface area contributed by atoms with Gasteiger partial charge in [0.2, 0.25) is 5.89 Å². The molecule has 0 aliphatic rings. The molecular weight excluding hydrogens is 296 g/mol. The Morgan fingerprint density at radius 1 is 1.38 bits per heavy atom. The Morgan fingerprint density at radius 3 is 2.62 bits per heavy atom. The molecule has 0 radical (unpaired) electrons. The number of benzene rings is 1. The second-order valence-corrected chi connectivity index (χ2v) is 5.90. The highest BCUT2D eigenvalue weighted by molar-refractivity contribution is 6.32. The van der Waals surface area contributed by atoms with Gasteiger partial charge in [-0.15, -0.1) is 10.2 Å². The molecule has 1 aromatic carbocycles. The van der Waals surface area contributed by atoms with Gasteiger partial charge in [-0.1, -0.05) is 32.4 Å². The molecule has 1 N–H and O–H groups in total. The van der Waals surface area contributed by atoms with Gasteiger partial charge in [0.1, 0.15) is 5.75 Å². The SMILES string of the molecule is CC(C)(C)c1nnc(COc2ccc(C(=O)O)cc2Cl)o1. The van der Waals surface area contributed by atoms with E-state index in [1.165, 1.54) is 18.2 Å². The molecule has 1 heterocycles. The summed E-state index contributed by atoms with van der Waals surface area (Å²) in [6, 6.07) is 4.23. The zero-order chi connectivity index (χ0) is 15.6. The molecule has 112 valence electrons. The van der Waals surface area contributed by atoms with Crippen molar-refractivity contribution in [1.29, 1.82) is 0 Å². The predicted molar refractivity (Wildman–Crippen MR) is 75.7 cm³/mol. The number of hydrogen-bond acceptors (Lipinski definition) is 5. The number of ether oxygens (including phenoxy) is 1. The largest absolute Gasteiger partial charge is 0.482 e. The first kappa shape index (κ1) is 15.3. The lowest BCUT2D eigenvalue weighted by molar-refractivity contribution is 0.0697. The number of aromatic nitrogens is 2. The molecule has 21 heavy (non-hydrogen) atoms. The third-order valence-electron chi connectivity index (χ3n) is 2.64. The van der Waals surface area contributed by atoms with Gasteiger partial charge >= 0.3 is 5.97 Å². The molecule has 0 unspecified atom stereocenters. The van der Waals surface area contributed by atoms with Crippen molar-refractivity contribution in [2.75, 3.05) is 0 Å². The lowest BCUT2D eigenvalue weighted by Gasteiger charge is -2.11. The standard InChI is InChI=1S/C14H15ClN2O4/c1-14(2,3)13-17-16-11(21-13)7-20-10-5-4-8(12(18)19)6-9(10)15/h4-6H,7H2,1-3H3,(H,18,19). The monoisotopic (exact) mass is 310 g/mol. The van der Waals surface area contributed by atoms with Gasteiger partial charge in [-0.25, -0.2) is 4.79 Å². The van der Waals surface area contributed by atoms with E-state index in [2.05, 4.69) is 10.2 Å². The van der Waals surface area contributed by atoms with Crippen LogP contribution >= 0.6 is 11.6 Å². The second-order valence-electron chi connectivity index (χ2n) is 5.49. The maximum Gasteiger partial charge on any atom is 0.335 e. The molecule has 0 aliphatic carbocycles. The highest BCUT2D eigenvalue weighted by atomic mass is 35.5. The molecule has 0 spiro atoms. The Balaban J connectivity index is 2.06. The van der Waals surface area contributed by atoms with Crippen molar-refractivity contribution >= 4 is 17.6 Å². The molecular formula is C14H15ClN2O4. The summed E-state index contributed by atoms with van der Waals surface area (Å²) < 4.78 is 10.9. The van der Waals surface area contributed by atoms with Crippen molar-refractivity contribution in [3.63, 3.8) is 0 Å². The van der Waals surface area contributed by atoms with Gasteiger partial charge < -0.3 is 14.3 Å². The second kappa shape index (κ2) is 5.73. The van der Waals surface area contributed by atoms with Gasteiger partial charge in [-0.3, -0.25) is 0 Å². The molecule has 6 nitrogen and oxygen atoms in total. The summed E-state index contributed by atoms with van der Waals surface area (Å²) in [5.74, 6) is 0.166. The van der Waals surface area contributed by atoms with E-state index in [9.17, 15) is 4.79 Å². The van der Waals surface area contributed by atoms with E-state index in [4.69, 9.17) is 25.9 Å². The van der Waals surface area contributed by atoms with Crippen molar-refractivity contribution in [2.24, 2.45) is 0 Å². The van der Waals surface area contributed by atoms with E-state index in [1.807, 2.05) is 20.8 Å². The number of carbonyl (C=O) groups is 1. The van der Waals surface area contributed by atoms with Crippen LogP contribution in [0.5, 0.6) is 5.75 Å². The Labute approximate surface area is 126 Å². The average molecular weight is 311 g/mol. The molecule has 0 fully saturated rings. The van der Waals surface area contributed by atoms with Crippen LogP contribution in [0.3, 0.4) is 0 Å². The molecule has 0 atom stereocenters. The minimum Gasteiger partial charge on any atom is -0.482 e. The van der Waals surface area contributed by atoms with Crippen LogP contribution in [0.2, 0.25) is 5.02 Å². The van der Waals surface area contributed by atoms with Crippen LogP contribution < -0.4 is 4.74 Å². The summed E-state index contributed by atoms with van der Waals surface area (Å²) in [7, 11) is 0. The Hall–Kier alpha value is -2.08. The lowest BCUT2D eigenvalue weighted by Crippen LogP contribution is -2.11. The predicted octanol–water partition coefficient (Wildman–Crippen LogP) is 3.30. The summed E-state index contributed by atoms with van der Waals surface area (Å²) in [5.41, 5.74) is -0.133. The topological polar surface area (TPSA) is 85.5 Å². The molecule has 0 aliphatic heterocycles.